The number of carbonyl (C=O) groups is 1. The summed E-state index contributed by atoms with van der Waals surface area (Å²) in [6.45, 7) is 0. The topological polar surface area (TPSA) is 50.1 Å². The van der Waals surface area contributed by atoms with Crippen LogP contribution in [-0.2, 0) is 10.6 Å². The molecular weight excluding hydrogens is 281 g/mol. The zero-order valence-electron chi connectivity index (χ0n) is 7.88. The molecule has 0 aromatic heterocycles. The smallest absolute Gasteiger partial charge is 0.340 e. The molecule has 78 valence electrons. The SMILES string of the molecule is COC(=O)c1c(C#N)ccc(CCl)c1Br. The van der Waals surface area contributed by atoms with Gasteiger partial charge in [-0.1, -0.05) is 6.07 Å². The first-order valence-electron chi connectivity index (χ1n) is 4.01. The maximum atomic E-state index is 11.4. The summed E-state index contributed by atoms with van der Waals surface area (Å²) in [5.74, 6) is -0.290. The van der Waals surface area contributed by atoms with Crippen LogP contribution in [0.1, 0.15) is 21.5 Å². The normalized spacial score (nSPS) is 9.47. The van der Waals surface area contributed by atoms with E-state index in [4.69, 9.17) is 16.9 Å². The highest BCUT2D eigenvalue weighted by atomic mass is 79.9. The van der Waals surface area contributed by atoms with Gasteiger partial charge in [0.15, 0.2) is 0 Å². The lowest BCUT2D eigenvalue weighted by Gasteiger charge is -2.07. The summed E-state index contributed by atoms with van der Waals surface area (Å²) in [6, 6.07) is 5.18. The van der Waals surface area contributed by atoms with Crippen molar-refractivity contribution in [2.24, 2.45) is 0 Å². The van der Waals surface area contributed by atoms with Crippen LogP contribution in [-0.4, -0.2) is 13.1 Å². The number of hydrogen-bond donors (Lipinski definition) is 0. The van der Waals surface area contributed by atoms with Gasteiger partial charge in [0, 0.05) is 10.4 Å². The number of benzene rings is 1. The zero-order chi connectivity index (χ0) is 11.4. The summed E-state index contributed by atoms with van der Waals surface area (Å²) in [4.78, 5) is 11.4. The minimum absolute atomic E-state index is 0.221. The maximum Gasteiger partial charge on any atom is 0.340 e. The van der Waals surface area contributed by atoms with Crippen molar-refractivity contribution in [3.63, 3.8) is 0 Å². The van der Waals surface area contributed by atoms with Crippen molar-refractivity contribution in [3.8, 4) is 6.07 Å². The highest BCUT2D eigenvalue weighted by Crippen LogP contribution is 2.26. The van der Waals surface area contributed by atoms with Gasteiger partial charge in [-0.05, 0) is 27.6 Å². The highest BCUT2D eigenvalue weighted by Gasteiger charge is 2.18. The molecule has 1 aromatic rings. The molecule has 0 aliphatic heterocycles. The summed E-state index contributed by atoms with van der Waals surface area (Å²) in [5.41, 5.74) is 1.23. The molecule has 0 unspecified atom stereocenters. The Morgan fingerprint density at radius 1 is 1.67 bits per heavy atom. The largest absolute Gasteiger partial charge is 0.465 e. The third-order valence-corrected chi connectivity index (χ3v) is 3.07. The molecular formula is C10H7BrClNO2. The lowest BCUT2D eigenvalue weighted by atomic mass is 10.1. The predicted molar refractivity (Wildman–Crippen MR) is 59.8 cm³/mol. The molecule has 0 N–H and O–H groups in total. The highest BCUT2D eigenvalue weighted by molar-refractivity contribution is 9.10. The number of methoxy groups -OCH3 is 1. The Labute approximate surface area is 101 Å². The van der Waals surface area contributed by atoms with Crippen molar-refractivity contribution >= 4 is 33.5 Å². The van der Waals surface area contributed by atoms with E-state index in [-0.39, 0.29) is 17.0 Å². The number of nitrogens with zero attached hydrogens (tertiary/aromatic N) is 1. The number of hydrogen-bond acceptors (Lipinski definition) is 3. The molecule has 0 bridgehead atoms. The molecule has 0 heterocycles. The Balaban J connectivity index is 3.44. The first-order chi connectivity index (χ1) is 7.15. The summed E-state index contributed by atoms with van der Waals surface area (Å²) in [7, 11) is 1.27. The zero-order valence-corrected chi connectivity index (χ0v) is 10.2. The lowest BCUT2D eigenvalue weighted by molar-refractivity contribution is 0.0599. The molecule has 1 rings (SSSR count). The Morgan fingerprint density at radius 3 is 2.80 bits per heavy atom. The Hall–Kier alpha value is -1.05. The van der Waals surface area contributed by atoms with E-state index in [0.29, 0.717) is 4.47 Å². The fourth-order valence-electron chi connectivity index (χ4n) is 1.12. The molecule has 0 saturated carbocycles. The Bertz CT molecular complexity index is 440. The van der Waals surface area contributed by atoms with Crippen LogP contribution in [0, 0.1) is 11.3 Å². The van der Waals surface area contributed by atoms with E-state index in [1.807, 2.05) is 6.07 Å². The van der Waals surface area contributed by atoms with Crippen LogP contribution in [0.3, 0.4) is 0 Å². The molecule has 15 heavy (non-hydrogen) atoms. The number of carbonyl (C=O) groups excluding carboxylic acids is 1. The fraction of sp³-hybridized carbons (Fsp3) is 0.200. The molecule has 0 aliphatic carbocycles. The van der Waals surface area contributed by atoms with Gasteiger partial charge >= 0.3 is 5.97 Å². The van der Waals surface area contributed by atoms with E-state index >= 15 is 0 Å². The molecule has 0 amide bonds. The number of alkyl halides is 1. The van der Waals surface area contributed by atoms with E-state index in [1.54, 1.807) is 12.1 Å². The molecule has 0 saturated heterocycles. The van der Waals surface area contributed by atoms with Crippen LogP contribution in [0.5, 0.6) is 0 Å². The van der Waals surface area contributed by atoms with Crippen LogP contribution in [0.15, 0.2) is 16.6 Å². The second kappa shape index (κ2) is 5.15. The molecule has 1 aromatic carbocycles. The van der Waals surface area contributed by atoms with Gasteiger partial charge in [-0.3, -0.25) is 0 Å². The molecule has 5 heteroatoms. The lowest BCUT2D eigenvalue weighted by Crippen LogP contribution is -2.06. The van der Waals surface area contributed by atoms with Gasteiger partial charge in [-0.2, -0.15) is 5.26 Å². The maximum absolute atomic E-state index is 11.4. The Kier molecular flexibility index (Phi) is 4.13. The van der Waals surface area contributed by atoms with Crippen LogP contribution in [0.25, 0.3) is 0 Å². The van der Waals surface area contributed by atoms with E-state index in [2.05, 4.69) is 20.7 Å². The van der Waals surface area contributed by atoms with Crippen molar-refractivity contribution < 1.29 is 9.53 Å². The summed E-state index contributed by atoms with van der Waals surface area (Å²) in [5, 5.41) is 8.84. The van der Waals surface area contributed by atoms with Gasteiger partial charge in [0.05, 0.1) is 18.2 Å². The fourth-order valence-corrected chi connectivity index (χ4v) is 2.15. The number of halogens is 2. The number of ether oxygens (including phenoxy) is 1. The van der Waals surface area contributed by atoms with Gasteiger partial charge in [0.2, 0.25) is 0 Å². The third-order valence-electron chi connectivity index (χ3n) is 1.88. The van der Waals surface area contributed by atoms with Crippen LogP contribution in [0.2, 0.25) is 0 Å². The van der Waals surface area contributed by atoms with E-state index in [1.165, 1.54) is 7.11 Å². The second-order valence-corrected chi connectivity index (χ2v) is 3.76. The molecule has 0 radical (unpaired) electrons. The molecule has 0 aliphatic rings. The molecule has 0 spiro atoms. The minimum Gasteiger partial charge on any atom is -0.465 e. The van der Waals surface area contributed by atoms with Crippen molar-refractivity contribution in [1.29, 1.82) is 5.26 Å². The van der Waals surface area contributed by atoms with Crippen LogP contribution >= 0.6 is 27.5 Å². The Morgan fingerprint density at radius 2 is 2.33 bits per heavy atom. The summed E-state index contributed by atoms with van der Waals surface area (Å²) in [6.07, 6.45) is 0. The first-order valence-corrected chi connectivity index (χ1v) is 5.34. The van der Waals surface area contributed by atoms with Gasteiger partial charge in [0.1, 0.15) is 6.07 Å². The number of rotatable bonds is 2. The van der Waals surface area contributed by atoms with Crippen LogP contribution in [0.4, 0.5) is 0 Å². The van der Waals surface area contributed by atoms with Gasteiger partial charge in [-0.15, -0.1) is 11.6 Å². The second-order valence-electron chi connectivity index (χ2n) is 2.70. The van der Waals surface area contributed by atoms with Crippen LogP contribution < -0.4 is 0 Å². The quantitative estimate of drug-likeness (QED) is 0.621. The summed E-state index contributed by atoms with van der Waals surface area (Å²) >= 11 is 8.92. The molecule has 0 atom stereocenters. The standard InChI is InChI=1S/C10H7BrClNO2/c1-15-10(14)8-7(5-13)3-2-6(4-12)9(8)11/h2-3H,4H2,1H3. The van der Waals surface area contributed by atoms with E-state index in [9.17, 15) is 4.79 Å². The van der Waals surface area contributed by atoms with Crippen molar-refractivity contribution in [1.82, 2.24) is 0 Å². The van der Waals surface area contributed by atoms with Gasteiger partial charge in [-0.25, -0.2) is 4.79 Å². The van der Waals surface area contributed by atoms with Crippen molar-refractivity contribution in [2.75, 3.05) is 7.11 Å². The minimum atomic E-state index is -0.551. The first kappa shape index (κ1) is 12.0. The summed E-state index contributed by atoms with van der Waals surface area (Å²) < 4.78 is 5.11. The van der Waals surface area contributed by atoms with Crippen molar-refractivity contribution in [3.05, 3.63) is 33.3 Å². The van der Waals surface area contributed by atoms with E-state index < -0.39 is 5.97 Å². The van der Waals surface area contributed by atoms with Crippen molar-refractivity contribution in [2.45, 2.75) is 5.88 Å². The molecule has 3 nitrogen and oxygen atoms in total. The van der Waals surface area contributed by atoms with E-state index in [0.717, 1.165) is 5.56 Å². The predicted octanol–water partition coefficient (Wildman–Crippen LogP) is 2.85. The monoisotopic (exact) mass is 287 g/mol. The average molecular weight is 289 g/mol. The number of nitriles is 1. The third kappa shape index (κ3) is 2.31. The van der Waals surface area contributed by atoms with Gasteiger partial charge < -0.3 is 4.74 Å². The molecule has 0 fully saturated rings. The number of esters is 1. The van der Waals surface area contributed by atoms with Gasteiger partial charge in [0.25, 0.3) is 0 Å². The average Bonchev–Trinajstić information content (AvgIpc) is 2.27.